The summed E-state index contributed by atoms with van der Waals surface area (Å²) in [6.45, 7) is 9.01. The van der Waals surface area contributed by atoms with Crippen LogP contribution in [0, 0.1) is 13.8 Å². The molecule has 0 unspecified atom stereocenters. The van der Waals surface area contributed by atoms with Gasteiger partial charge in [0.05, 0.1) is 17.7 Å². The summed E-state index contributed by atoms with van der Waals surface area (Å²) in [5.74, 6) is 0.606. The largest absolute Gasteiger partial charge is 0.494 e. The summed E-state index contributed by atoms with van der Waals surface area (Å²) in [7, 11) is 0. The Morgan fingerprint density at radius 3 is 2.52 bits per heavy atom. The fourth-order valence-corrected chi connectivity index (χ4v) is 5.80. The number of hydrogen-bond donors (Lipinski definition) is 0. The second-order valence-electron chi connectivity index (χ2n) is 8.54. The Bertz CT molecular complexity index is 1290. The maximum atomic E-state index is 13.6. The number of thiophene rings is 1. The van der Waals surface area contributed by atoms with Crippen LogP contribution < -0.4 is 16.0 Å². The summed E-state index contributed by atoms with van der Waals surface area (Å²) in [6, 6.07) is 7.11. The van der Waals surface area contributed by atoms with Gasteiger partial charge >= 0.3 is 5.69 Å². The van der Waals surface area contributed by atoms with Gasteiger partial charge in [0.1, 0.15) is 17.1 Å². The van der Waals surface area contributed by atoms with E-state index in [9.17, 15) is 14.4 Å². The van der Waals surface area contributed by atoms with E-state index >= 15 is 0 Å². The third kappa shape index (κ3) is 4.24. The van der Waals surface area contributed by atoms with Gasteiger partial charge < -0.3 is 9.64 Å². The van der Waals surface area contributed by atoms with Crippen LogP contribution in [0.1, 0.15) is 50.0 Å². The zero-order valence-electron chi connectivity index (χ0n) is 19.7. The zero-order chi connectivity index (χ0) is 23.7. The predicted molar refractivity (Wildman–Crippen MR) is 132 cm³/mol. The quantitative estimate of drug-likeness (QED) is 0.547. The topological polar surface area (TPSA) is 73.5 Å². The molecule has 33 heavy (non-hydrogen) atoms. The Hall–Kier alpha value is -2.87. The molecule has 1 amide bonds. The fraction of sp³-hybridized carbons (Fsp3) is 0.480. The Morgan fingerprint density at radius 1 is 1.12 bits per heavy atom. The smallest absolute Gasteiger partial charge is 0.337 e. The van der Waals surface area contributed by atoms with E-state index in [0.717, 1.165) is 42.7 Å². The first-order chi connectivity index (χ1) is 15.9. The highest BCUT2D eigenvalue weighted by Crippen LogP contribution is 2.28. The molecule has 4 rings (SSSR count). The van der Waals surface area contributed by atoms with Crippen LogP contribution in [-0.4, -0.2) is 39.1 Å². The summed E-state index contributed by atoms with van der Waals surface area (Å²) in [5.41, 5.74) is 0.472. The molecule has 1 aliphatic rings. The molecule has 0 aliphatic carbocycles. The van der Waals surface area contributed by atoms with E-state index in [1.807, 2.05) is 25.7 Å². The molecule has 1 atom stereocenters. The van der Waals surface area contributed by atoms with Crippen molar-refractivity contribution < 1.29 is 9.53 Å². The molecule has 1 saturated heterocycles. The minimum Gasteiger partial charge on any atom is -0.494 e. The highest BCUT2D eigenvalue weighted by Gasteiger charge is 2.27. The Kier molecular flexibility index (Phi) is 6.74. The summed E-state index contributed by atoms with van der Waals surface area (Å²) >= 11 is 1.40. The SMILES string of the molecule is CCOc1ccc(-n2c(=O)c3c(C)c(C)sc3n(CC(=O)N3CCCC[C@H]3CC)c2=O)cc1. The van der Waals surface area contributed by atoms with Crippen molar-refractivity contribution >= 4 is 27.5 Å². The van der Waals surface area contributed by atoms with Gasteiger partial charge in [0.25, 0.3) is 5.56 Å². The summed E-state index contributed by atoms with van der Waals surface area (Å²) in [5, 5.41) is 0.504. The van der Waals surface area contributed by atoms with Gasteiger partial charge in [-0.2, -0.15) is 0 Å². The van der Waals surface area contributed by atoms with Crippen molar-refractivity contribution in [2.75, 3.05) is 13.2 Å². The second-order valence-corrected chi connectivity index (χ2v) is 9.75. The van der Waals surface area contributed by atoms with Crippen LogP contribution in [0.15, 0.2) is 33.9 Å². The molecule has 2 aromatic heterocycles. The van der Waals surface area contributed by atoms with Crippen LogP contribution >= 0.6 is 11.3 Å². The maximum Gasteiger partial charge on any atom is 0.337 e. The molecule has 8 heteroatoms. The molecule has 176 valence electrons. The number of carbonyl (C=O) groups is 1. The first-order valence-corrected chi connectivity index (χ1v) is 12.5. The number of likely N-dealkylation sites (tertiary alicyclic amines) is 1. The molecule has 0 N–H and O–H groups in total. The molecule has 3 heterocycles. The van der Waals surface area contributed by atoms with E-state index in [1.54, 1.807) is 24.3 Å². The van der Waals surface area contributed by atoms with Gasteiger partial charge in [-0.1, -0.05) is 6.92 Å². The molecule has 7 nitrogen and oxygen atoms in total. The lowest BCUT2D eigenvalue weighted by Gasteiger charge is -2.35. The number of aryl methyl sites for hydroxylation is 2. The van der Waals surface area contributed by atoms with Gasteiger partial charge in [-0.3, -0.25) is 14.2 Å². The number of fused-ring (bicyclic) bond motifs is 1. The third-order valence-corrected chi connectivity index (χ3v) is 7.80. The van der Waals surface area contributed by atoms with Crippen molar-refractivity contribution in [1.82, 2.24) is 14.0 Å². The predicted octanol–water partition coefficient (Wildman–Crippen LogP) is 4.02. The highest BCUT2D eigenvalue weighted by atomic mass is 32.1. The number of carbonyl (C=O) groups excluding carboxylic acids is 1. The van der Waals surface area contributed by atoms with Crippen LogP contribution in [0.2, 0.25) is 0 Å². The molecule has 1 fully saturated rings. The van der Waals surface area contributed by atoms with Crippen LogP contribution in [0.4, 0.5) is 0 Å². The molecule has 0 spiro atoms. The average molecular weight is 470 g/mol. The lowest BCUT2D eigenvalue weighted by molar-refractivity contribution is -0.135. The Morgan fingerprint density at radius 2 is 1.85 bits per heavy atom. The summed E-state index contributed by atoms with van der Waals surface area (Å²) in [6.07, 6.45) is 4.00. The van der Waals surface area contributed by atoms with Crippen LogP contribution in [0.5, 0.6) is 5.75 Å². The van der Waals surface area contributed by atoms with E-state index in [-0.39, 0.29) is 24.1 Å². The van der Waals surface area contributed by atoms with Crippen molar-refractivity contribution in [2.45, 2.75) is 66.0 Å². The van der Waals surface area contributed by atoms with Crippen molar-refractivity contribution in [3.05, 3.63) is 55.5 Å². The fourth-order valence-electron chi connectivity index (χ4n) is 4.66. The standard InChI is InChI=1S/C25H31N3O4S/c1-5-18-9-7-8-14-26(18)21(29)15-27-24-22(16(3)17(4)33-24)23(30)28(25(27)31)19-10-12-20(13-11-19)32-6-2/h10-13,18H,5-9,14-15H2,1-4H3/t18-/m1/s1. The van der Waals surface area contributed by atoms with Crippen LogP contribution in [-0.2, 0) is 11.3 Å². The number of piperidine rings is 1. The lowest BCUT2D eigenvalue weighted by Crippen LogP contribution is -2.47. The van der Waals surface area contributed by atoms with Gasteiger partial charge in [-0.15, -0.1) is 11.3 Å². The molecule has 0 radical (unpaired) electrons. The number of rotatable bonds is 6. The van der Waals surface area contributed by atoms with Gasteiger partial charge in [0.15, 0.2) is 0 Å². The monoisotopic (exact) mass is 469 g/mol. The minimum atomic E-state index is -0.490. The summed E-state index contributed by atoms with van der Waals surface area (Å²) < 4.78 is 8.16. The number of amides is 1. The van der Waals surface area contributed by atoms with Gasteiger partial charge in [0, 0.05) is 17.5 Å². The van der Waals surface area contributed by atoms with Gasteiger partial charge in [-0.05, 0) is 76.3 Å². The Labute approximate surface area is 197 Å². The van der Waals surface area contributed by atoms with E-state index < -0.39 is 5.69 Å². The molecular formula is C25H31N3O4S. The number of aromatic nitrogens is 2. The zero-order valence-corrected chi connectivity index (χ0v) is 20.5. The molecule has 0 saturated carbocycles. The average Bonchev–Trinajstić information content (AvgIpc) is 3.12. The molecule has 3 aromatic rings. The third-order valence-electron chi connectivity index (χ3n) is 6.57. The molecule has 1 aromatic carbocycles. The number of ether oxygens (including phenoxy) is 1. The number of hydrogen-bond acceptors (Lipinski definition) is 5. The number of benzene rings is 1. The first-order valence-electron chi connectivity index (χ1n) is 11.7. The van der Waals surface area contributed by atoms with Crippen molar-refractivity contribution in [3.63, 3.8) is 0 Å². The van der Waals surface area contributed by atoms with Crippen molar-refractivity contribution in [3.8, 4) is 11.4 Å². The van der Waals surface area contributed by atoms with Gasteiger partial charge in [0.2, 0.25) is 5.91 Å². The van der Waals surface area contributed by atoms with E-state index in [1.165, 1.54) is 20.5 Å². The van der Waals surface area contributed by atoms with E-state index in [0.29, 0.717) is 28.3 Å². The first kappa shape index (κ1) is 23.3. The second kappa shape index (κ2) is 9.55. The minimum absolute atomic E-state index is 0.0643. The van der Waals surface area contributed by atoms with Crippen LogP contribution in [0.3, 0.4) is 0 Å². The normalized spacial score (nSPS) is 16.4. The Balaban J connectivity index is 1.85. The molecular weight excluding hydrogens is 438 g/mol. The van der Waals surface area contributed by atoms with Gasteiger partial charge in [-0.25, -0.2) is 9.36 Å². The lowest BCUT2D eigenvalue weighted by atomic mass is 10.00. The van der Waals surface area contributed by atoms with Crippen molar-refractivity contribution in [2.24, 2.45) is 0 Å². The highest BCUT2D eigenvalue weighted by molar-refractivity contribution is 7.18. The molecule has 0 bridgehead atoms. The van der Waals surface area contributed by atoms with E-state index in [2.05, 4.69) is 6.92 Å². The van der Waals surface area contributed by atoms with Crippen molar-refractivity contribution in [1.29, 1.82) is 0 Å². The van der Waals surface area contributed by atoms with E-state index in [4.69, 9.17) is 4.74 Å². The number of nitrogens with zero attached hydrogens (tertiary/aromatic N) is 3. The van der Waals surface area contributed by atoms with Crippen LogP contribution in [0.25, 0.3) is 15.9 Å². The summed E-state index contributed by atoms with van der Waals surface area (Å²) in [4.78, 5) is 43.9. The molecule has 1 aliphatic heterocycles. The maximum absolute atomic E-state index is 13.6.